The highest BCUT2D eigenvalue weighted by Gasteiger charge is 2.21. The Morgan fingerprint density at radius 2 is 1.71 bits per heavy atom. The summed E-state index contributed by atoms with van der Waals surface area (Å²) in [5, 5.41) is 5.87. The average molecular weight is 241 g/mol. The predicted octanol–water partition coefficient (Wildman–Crippen LogP) is 1.85. The van der Waals surface area contributed by atoms with E-state index in [1.807, 2.05) is 20.8 Å². The molecular formula is C13H27N3O. The SMILES string of the molecule is CC(C)(C)NC(=O)NCC1CCC(CN)CC1. The van der Waals surface area contributed by atoms with Crippen molar-refractivity contribution in [3.63, 3.8) is 0 Å². The third-order valence-electron chi connectivity index (χ3n) is 3.34. The number of hydrogen-bond acceptors (Lipinski definition) is 2. The highest BCUT2D eigenvalue weighted by Crippen LogP contribution is 2.27. The molecule has 0 bridgehead atoms. The maximum absolute atomic E-state index is 11.6. The molecule has 1 rings (SSSR count). The Labute approximate surface area is 105 Å². The molecule has 1 aliphatic rings. The van der Waals surface area contributed by atoms with Crippen LogP contribution in [0.15, 0.2) is 0 Å². The highest BCUT2D eigenvalue weighted by atomic mass is 16.2. The summed E-state index contributed by atoms with van der Waals surface area (Å²) in [6, 6.07) is -0.0570. The Hall–Kier alpha value is -0.770. The minimum atomic E-state index is -0.165. The van der Waals surface area contributed by atoms with E-state index >= 15 is 0 Å². The summed E-state index contributed by atoms with van der Waals surface area (Å²) in [4.78, 5) is 11.6. The average Bonchev–Trinajstić information content (AvgIpc) is 2.25. The summed E-state index contributed by atoms with van der Waals surface area (Å²) in [6.07, 6.45) is 4.81. The quantitative estimate of drug-likeness (QED) is 0.706. The summed E-state index contributed by atoms with van der Waals surface area (Å²) in [7, 11) is 0. The number of nitrogens with one attached hydrogen (secondary N) is 2. The Kier molecular flexibility index (Phi) is 5.25. The van der Waals surface area contributed by atoms with Gasteiger partial charge in [0.1, 0.15) is 0 Å². The van der Waals surface area contributed by atoms with Crippen molar-refractivity contribution in [1.29, 1.82) is 0 Å². The molecule has 0 saturated heterocycles. The monoisotopic (exact) mass is 241 g/mol. The van der Waals surface area contributed by atoms with Gasteiger partial charge in [0, 0.05) is 12.1 Å². The molecule has 0 spiro atoms. The van der Waals surface area contributed by atoms with Gasteiger partial charge < -0.3 is 16.4 Å². The first-order valence-corrected chi connectivity index (χ1v) is 6.67. The molecule has 0 aromatic heterocycles. The molecule has 0 radical (unpaired) electrons. The van der Waals surface area contributed by atoms with E-state index in [0.717, 1.165) is 13.1 Å². The molecule has 4 N–H and O–H groups in total. The van der Waals surface area contributed by atoms with Crippen LogP contribution in [0, 0.1) is 11.8 Å². The van der Waals surface area contributed by atoms with Crippen LogP contribution in [0.2, 0.25) is 0 Å². The standard InChI is InChI=1S/C13H27N3O/c1-13(2,3)16-12(17)15-9-11-6-4-10(8-14)5-7-11/h10-11H,4-9,14H2,1-3H3,(H2,15,16,17). The van der Waals surface area contributed by atoms with E-state index in [4.69, 9.17) is 5.73 Å². The van der Waals surface area contributed by atoms with Crippen molar-refractivity contribution < 1.29 is 4.79 Å². The first-order valence-electron chi connectivity index (χ1n) is 6.67. The third kappa shape index (κ3) is 5.91. The molecule has 100 valence electrons. The Morgan fingerprint density at radius 3 is 2.18 bits per heavy atom. The fraction of sp³-hybridized carbons (Fsp3) is 0.923. The summed E-state index contributed by atoms with van der Waals surface area (Å²) in [5.41, 5.74) is 5.50. The van der Waals surface area contributed by atoms with Crippen LogP contribution >= 0.6 is 0 Å². The van der Waals surface area contributed by atoms with Gasteiger partial charge in [0.15, 0.2) is 0 Å². The minimum Gasteiger partial charge on any atom is -0.338 e. The van der Waals surface area contributed by atoms with Crippen LogP contribution in [0.5, 0.6) is 0 Å². The predicted molar refractivity (Wildman–Crippen MR) is 70.8 cm³/mol. The van der Waals surface area contributed by atoms with Crippen LogP contribution in [0.1, 0.15) is 46.5 Å². The molecular weight excluding hydrogens is 214 g/mol. The van der Waals surface area contributed by atoms with Crippen molar-refractivity contribution >= 4 is 6.03 Å². The maximum atomic E-state index is 11.6. The van der Waals surface area contributed by atoms with Crippen LogP contribution < -0.4 is 16.4 Å². The van der Waals surface area contributed by atoms with Crippen molar-refractivity contribution in [2.45, 2.75) is 52.0 Å². The lowest BCUT2D eigenvalue weighted by Crippen LogP contribution is -2.47. The Morgan fingerprint density at radius 1 is 1.18 bits per heavy atom. The van der Waals surface area contributed by atoms with E-state index in [0.29, 0.717) is 11.8 Å². The number of carbonyl (C=O) groups is 1. The fourth-order valence-corrected chi connectivity index (χ4v) is 2.29. The summed E-state index contributed by atoms with van der Waals surface area (Å²) in [5.74, 6) is 1.33. The molecule has 4 nitrogen and oxygen atoms in total. The summed E-state index contributed by atoms with van der Waals surface area (Å²) < 4.78 is 0. The molecule has 0 atom stereocenters. The highest BCUT2D eigenvalue weighted by molar-refractivity contribution is 5.74. The topological polar surface area (TPSA) is 67.2 Å². The van der Waals surface area contributed by atoms with Crippen molar-refractivity contribution in [1.82, 2.24) is 10.6 Å². The van der Waals surface area contributed by atoms with Crippen LogP contribution in [-0.2, 0) is 0 Å². The van der Waals surface area contributed by atoms with Crippen molar-refractivity contribution in [3.8, 4) is 0 Å². The van der Waals surface area contributed by atoms with Gasteiger partial charge >= 0.3 is 6.03 Å². The van der Waals surface area contributed by atoms with Crippen molar-refractivity contribution in [2.75, 3.05) is 13.1 Å². The number of hydrogen-bond donors (Lipinski definition) is 3. The zero-order valence-corrected chi connectivity index (χ0v) is 11.4. The second-order valence-corrected chi connectivity index (χ2v) is 6.21. The molecule has 0 heterocycles. The smallest absolute Gasteiger partial charge is 0.315 e. The molecule has 0 unspecified atom stereocenters. The van der Waals surface area contributed by atoms with Gasteiger partial charge in [-0.15, -0.1) is 0 Å². The zero-order valence-electron chi connectivity index (χ0n) is 11.4. The van der Waals surface area contributed by atoms with E-state index < -0.39 is 0 Å². The van der Waals surface area contributed by atoms with Crippen LogP contribution in [0.25, 0.3) is 0 Å². The lowest BCUT2D eigenvalue weighted by molar-refractivity contribution is 0.223. The first-order chi connectivity index (χ1) is 7.90. The molecule has 1 fully saturated rings. The van der Waals surface area contributed by atoms with E-state index in [2.05, 4.69) is 10.6 Å². The van der Waals surface area contributed by atoms with E-state index in [-0.39, 0.29) is 11.6 Å². The van der Waals surface area contributed by atoms with E-state index in [1.165, 1.54) is 25.7 Å². The lowest BCUT2D eigenvalue weighted by Gasteiger charge is -2.28. The molecule has 1 saturated carbocycles. The van der Waals surface area contributed by atoms with Gasteiger partial charge in [-0.3, -0.25) is 0 Å². The van der Waals surface area contributed by atoms with Gasteiger partial charge in [-0.2, -0.15) is 0 Å². The van der Waals surface area contributed by atoms with Crippen LogP contribution in [0.4, 0.5) is 4.79 Å². The fourth-order valence-electron chi connectivity index (χ4n) is 2.29. The number of nitrogens with two attached hydrogens (primary N) is 1. The second-order valence-electron chi connectivity index (χ2n) is 6.21. The van der Waals surface area contributed by atoms with E-state index in [9.17, 15) is 4.79 Å². The zero-order chi connectivity index (χ0) is 12.9. The van der Waals surface area contributed by atoms with Crippen molar-refractivity contribution in [3.05, 3.63) is 0 Å². The largest absolute Gasteiger partial charge is 0.338 e. The molecule has 0 aromatic rings. The van der Waals surface area contributed by atoms with Gasteiger partial charge in [-0.1, -0.05) is 0 Å². The van der Waals surface area contributed by atoms with Gasteiger partial charge in [-0.25, -0.2) is 4.79 Å². The summed E-state index contributed by atoms with van der Waals surface area (Å²) >= 11 is 0. The molecule has 1 aliphatic carbocycles. The molecule has 0 aliphatic heterocycles. The molecule has 4 heteroatoms. The number of rotatable bonds is 3. The summed E-state index contributed by atoms with van der Waals surface area (Å²) in [6.45, 7) is 7.56. The number of amides is 2. The van der Waals surface area contributed by atoms with Gasteiger partial charge in [0.25, 0.3) is 0 Å². The molecule has 17 heavy (non-hydrogen) atoms. The van der Waals surface area contributed by atoms with Gasteiger partial charge in [0.2, 0.25) is 0 Å². The lowest BCUT2D eigenvalue weighted by atomic mass is 9.82. The first kappa shape index (κ1) is 14.3. The molecule has 2 amide bonds. The number of urea groups is 1. The van der Waals surface area contributed by atoms with Crippen LogP contribution in [0.3, 0.4) is 0 Å². The second kappa shape index (κ2) is 6.24. The number of carbonyl (C=O) groups excluding carboxylic acids is 1. The Balaban J connectivity index is 2.17. The maximum Gasteiger partial charge on any atom is 0.315 e. The minimum absolute atomic E-state index is 0.0570. The Bertz CT molecular complexity index is 240. The normalized spacial score (nSPS) is 25.4. The van der Waals surface area contributed by atoms with Gasteiger partial charge in [0.05, 0.1) is 0 Å². The van der Waals surface area contributed by atoms with Crippen molar-refractivity contribution in [2.24, 2.45) is 17.6 Å². The van der Waals surface area contributed by atoms with Gasteiger partial charge in [-0.05, 0) is 64.8 Å². The molecule has 0 aromatic carbocycles. The third-order valence-corrected chi connectivity index (χ3v) is 3.34. The van der Waals surface area contributed by atoms with Crippen LogP contribution in [-0.4, -0.2) is 24.7 Å². The van der Waals surface area contributed by atoms with E-state index in [1.54, 1.807) is 0 Å².